The summed E-state index contributed by atoms with van der Waals surface area (Å²) in [6, 6.07) is 2.45. The van der Waals surface area contributed by atoms with Gasteiger partial charge in [0, 0.05) is 22.5 Å². The van der Waals surface area contributed by atoms with Gasteiger partial charge in [-0.1, -0.05) is 11.6 Å². The first-order valence-corrected chi connectivity index (χ1v) is 11.9. The van der Waals surface area contributed by atoms with Crippen molar-refractivity contribution in [2.45, 2.75) is 38.0 Å². The van der Waals surface area contributed by atoms with Crippen LogP contribution in [0.25, 0.3) is 0 Å². The Kier molecular flexibility index (Phi) is 6.29. The predicted molar refractivity (Wildman–Crippen MR) is 115 cm³/mol. The number of hydrogen-bond acceptors (Lipinski definition) is 5. The molecule has 1 saturated carbocycles. The molecule has 0 N–H and O–H groups in total. The standard InChI is InChI=1S/C21H16ClF5N4O2S/c1-10-6-13(21(25,26)27)12(7-28)19(29-10)30-9-34(33)8-16(30)20(32)31(11-2-3-11)15-5-4-14(23)17(22)18(15)24/h4-6,11,16H,2-3,8-9H2,1H3/t16-,34?/m0/s1. The third kappa shape index (κ3) is 4.34. The number of carbonyl (C=O) groups is 1. The maximum absolute atomic E-state index is 14.8. The lowest BCUT2D eigenvalue weighted by atomic mass is 10.1. The van der Waals surface area contributed by atoms with Crippen LogP contribution in [-0.2, 0) is 21.8 Å². The predicted octanol–water partition coefficient (Wildman–Crippen LogP) is 4.30. The number of alkyl halides is 3. The van der Waals surface area contributed by atoms with E-state index in [-0.39, 0.29) is 23.0 Å². The highest BCUT2D eigenvalue weighted by atomic mass is 35.5. The summed E-state index contributed by atoms with van der Waals surface area (Å²) < 4.78 is 81.6. The van der Waals surface area contributed by atoms with Crippen molar-refractivity contribution in [1.29, 1.82) is 5.26 Å². The van der Waals surface area contributed by atoms with Crippen LogP contribution in [0.1, 0.15) is 29.7 Å². The number of nitrogens with zero attached hydrogens (tertiary/aromatic N) is 4. The van der Waals surface area contributed by atoms with Crippen molar-refractivity contribution in [3.05, 3.63) is 51.7 Å². The third-order valence-corrected chi connectivity index (χ3v) is 7.13. The highest BCUT2D eigenvalue weighted by molar-refractivity contribution is 7.85. The molecular weight excluding hydrogens is 503 g/mol. The first kappa shape index (κ1) is 24.3. The number of pyridine rings is 1. The number of aryl methyl sites for hydroxylation is 1. The summed E-state index contributed by atoms with van der Waals surface area (Å²) in [7, 11) is -1.66. The van der Waals surface area contributed by atoms with Crippen LogP contribution in [0.2, 0.25) is 5.02 Å². The summed E-state index contributed by atoms with van der Waals surface area (Å²) in [5.41, 5.74) is -2.37. The zero-order chi connectivity index (χ0) is 24.9. The van der Waals surface area contributed by atoms with Gasteiger partial charge in [0.05, 0.1) is 22.9 Å². The van der Waals surface area contributed by atoms with Gasteiger partial charge in [-0.05, 0) is 38.0 Å². The number of halogens is 6. The van der Waals surface area contributed by atoms with Crippen molar-refractivity contribution < 1.29 is 31.0 Å². The van der Waals surface area contributed by atoms with Gasteiger partial charge in [-0.25, -0.2) is 13.8 Å². The highest BCUT2D eigenvalue weighted by Gasteiger charge is 2.46. The summed E-state index contributed by atoms with van der Waals surface area (Å²) in [4.78, 5) is 19.8. The molecule has 1 amide bonds. The molecule has 34 heavy (non-hydrogen) atoms. The maximum atomic E-state index is 14.8. The fourth-order valence-corrected chi connectivity index (χ4v) is 5.42. The Morgan fingerprint density at radius 3 is 2.59 bits per heavy atom. The van der Waals surface area contributed by atoms with Crippen LogP contribution < -0.4 is 9.80 Å². The van der Waals surface area contributed by atoms with Gasteiger partial charge >= 0.3 is 6.18 Å². The SMILES string of the molecule is Cc1cc(C(F)(F)F)c(C#N)c(N2CS(=O)C[C@H]2C(=O)N(c2ccc(F)c(Cl)c2F)C2CC2)n1. The molecule has 4 rings (SSSR count). The van der Waals surface area contributed by atoms with Crippen molar-refractivity contribution in [1.82, 2.24) is 4.98 Å². The minimum atomic E-state index is -4.86. The van der Waals surface area contributed by atoms with E-state index >= 15 is 0 Å². The van der Waals surface area contributed by atoms with Crippen LogP contribution in [0, 0.1) is 29.9 Å². The minimum Gasteiger partial charge on any atom is -0.331 e. The van der Waals surface area contributed by atoms with Gasteiger partial charge in [0.15, 0.2) is 5.82 Å². The van der Waals surface area contributed by atoms with Crippen molar-refractivity contribution in [3.63, 3.8) is 0 Å². The van der Waals surface area contributed by atoms with Crippen LogP contribution in [0.3, 0.4) is 0 Å². The Morgan fingerprint density at radius 1 is 1.32 bits per heavy atom. The molecule has 1 unspecified atom stereocenters. The number of nitriles is 1. The van der Waals surface area contributed by atoms with E-state index in [1.165, 1.54) is 13.0 Å². The molecule has 13 heteroatoms. The van der Waals surface area contributed by atoms with Crippen molar-refractivity contribution in [2.75, 3.05) is 21.4 Å². The largest absolute Gasteiger partial charge is 0.417 e. The van der Waals surface area contributed by atoms with E-state index in [1.807, 2.05) is 0 Å². The number of aromatic nitrogens is 1. The quantitative estimate of drug-likeness (QED) is 0.445. The van der Waals surface area contributed by atoms with E-state index in [0.717, 1.165) is 28.0 Å². The van der Waals surface area contributed by atoms with Crippen molar-refractivity contribution >= 4 is 39.8 Å². The zero-order valence-electron chi connectivity index (χ0n) is 17.5. The molecule has 1 aliphatic heterocycles. The van der Waals surface area contributed by atoms with E-state index in [2.05, 4.69) is 4.98 Å². The molecule has 2 aromatic rings. The fraction of sp³-hybridized carbons (Fsp3) is 0.381. The van der Waals surface area contributed by atoms with Crippen LogP contribution in [0.4, 0.5) is 33.5 Å². The molecule has 1 aliphatic carbocycles. The molecular formula is C21H16ClF5N4O2S. The molecule has 0 radical (unpaired) electrons. The summed E-state index contributed by atoms with van der Waals surface area (Å²) in [5, 5.41) is 8.69. The van der Waals surface area contributed by atoms with Crippen LogP contribution in [0.15, 0.2) is 18.2 Å². The van der Waals surface area contributed by atoms with Gasteiger partial charge in [-0.3, -0.25) is 9.00 Å². The molecule has 0 spiro atoms. The Labute approximate surface area is 198 Å². The molecule has 0 bridgehead atoms. The Bertz CT molecular complexity index is 1250. The van der Waals surface area contributed by atoms with Crippen LogP contribution >= 0.6 is 11.6 Å². The van der Waals surface area contributed by atoms with E-state index in [1.54, 1.807) is 0 Å². The second kappa shape index (κ2) is 8.78. The zero-order valence-corrected chi connectivity index (χ0v) is 19.1. The summed E-state index contributed by atoms with van der Waals surface area (Å²) in [5.74, 6) is -3.96. The lowest BCUT2D eigenvalue weighted by molar-refractivity contribution is -0.137. The molecule has 2 heterocycles. The monoisotopic (exact) mass is 518 g/mol. The molecule has 2 aliphatic rings. The molecule has 2 atom stereocenters. The van der Waals surface area contributed by atoms with Crippen LogP contribution in [-0.4, -0.2) is 38.8 Å². The Balaban J connectivity index is 1.80. The number of amides is 1. The maximum Gasteiger partial charge on any atom is 0.417 e. The van der Waals surface area contributed by atoms with E-state index < -0.39 is 68.6 Å². The number of hydrogen-bond donors (Lipinski definition) is 0. The lowest BCUT2D eigenvalue weighted by Gasteiger charge is -2.31. The van der Waals surface area contributed by atoms with Crippen molar-refractivity contribution in [2.24, 2.45) is 0 Å². The molecule has 180 valence electrons. The molecule has 1 aromatic heterocycles. The molecule has 1 aromatic carbocycles. The second-order valence-corrected chi connectivity index (χ2v) is 9.82. The highest BCUT2D eigenvalue weighted by Crippen LogP contribution is 2.40. The van der Waals surface area contributed by atoms with E-state index in [4.69, 9.17) is 11.6 Å². The number of carbonyl (C=O) groups excluding carboxylic acids is 1. The summed E-state index contributed by atoms with van der Waals surface area (Å²) >= 11 is 5.68. The van der Waals surface area contributed by atoms with Crippen molar-refractivity contribution in [3.8, 4) is 6.07 Å². The van der Waals surface area contributed by atoms with Crippen LogP contribution in [0.5, 0.6) is 0 Å². The minimum absolute atomic E-state index is 0.0550. The summed E-state index contributed by atoms with van der Waals surface area (Å²) in [6.45, 7) is 1.30. The number of anilines is 2. The second-order valence-electron chi connectivity index (χ2n) is 7.97. The Morgan fingerprint density at radius 2 is 2.00 bits per heavy atom. The topological polar surface area (TPSA) is 77.3 Å². The average molecular weight is 519 g/mol. The smallest absolute Gasteiger partial charge is 0.331 e. The fourth-order valence-electron chi connectivity index (χ4n) is 3.87. The van der Waals surface area contributed by atoms with Gasteiger partial charge in [-0.15, -0.1) is 0 Å². The van der Waals surface area contributed by atoms with Gasteiger partial charge in [0.2, 0.25) is 0 Å². The molecule has 2 fully saturated rings. The number of benzene rings is 1. The summed E-state index contributed by atoms with van der Waals surface area (Å²) in [6.07, 6.45) is -3.83. The molecule has 1 saturated heterocycles. The Hall–Kier alpha value is -2.78. The first-order chi connectivity index (χ1) is 15.9. The van der Waals surface area contributed by atoms with Gasteiger partial charge in [0.1, 0.15) is 34.3 Å². The molecule has 6 nitrogen and oxygen atoms in total. The van der Waals surface area contributed by atoms with Gasteiger partial charge < -0.3 is 9.80 Å². The van der Waals surface area contributed by atoms with E-state index in [9.17, 15) is 36.2 Å². The van der Waals surface area contributed by atoms with E-state index in [0.29, 0.717) is 12.8 Å². The number of rotatable bonds is 4. The third-order valence-electron chi connectivity index (χ3n) is 5.53. The van der Waals surface area contributed by atoms with Gasteiger partial charge in [0.25, 0.3) is 5.91 Å². The average Bonchev–Trinajstić information content (AvgIpc) is 3.52. The van der Waals surface area contributed by atoms with Gasteiger partial charge in [-0.2, -0.15) is 18.4 Å². The normalized spacial score (nSPS) is 20.4. The lowest BCUT2D eigenvalue weighted by Crippen LogP contribution is -2.49. The first-order valence-electron chi connectivity index (χ1n) is 10.0.